The Hall–Kier alpha value is -1.18. The maximum atomic E-state index is 10.4. The van der Waals surface area contributed by atoms with Crippen LogP contribution in [0.15, 0.2) is 17.0 Å². The van der Waals surface area contributed by atoms with Crippen LogP contribution in [0.3, 0.4) is 0 Å². The largest absolute Gasteiger partial charge is 0.481 e. The van der Waals surface area contributed by atoms with Gasteiger partial charge in [-0.05, 0) is 17.7 Å². The normalized spacial score (nSPS) is 9.50. The van der Waals surface area contributed by atoms with Crippen molar-refractivity contribution >= 4 is 30.2 Å². The van der Waals surface area contributed by atoms with Crippen molar-refractivity contribution in [3.63, 3.8) is 0 Å². The van der Waals surface area contributed by atoms with Crippen molar-refractivity contribution in [2.45, 2.75) is 11.3 Å². The molecule has 0 aliphatic heterocycles. The van der Waals surface area contributed by atoms with Crippen LogP contribution in [0.1, 0.15) is 11.1 Å². The van der Waals surface area contributed by atoms with Gasteiger partial charge >= 0.3 is 5.97 Å². The first-order chi connectivity index (χ1) is 6.54. The van der Waals surface area contributed by atoms with E-state index in [-0.39, 0.29) is 11.4 Å². The first-order valence-electron chi connectivity index (χ1n) is 3.68. The minimum atomic E-state index is -0.957. The van der Waals surface area contributed by atoms with Crippen LogP contribution >= 0.6 is 24.2 Å². The van der Waals surface area contributed by atoms with Crippen LogP contribution in [0.25, 0.3) is 0 Å². The Bertz CT molecular complexity index is 426. The molecule has 72 valence electrons. The molecule has 0 bridgehead atoms. The average molecular weight is 228 g/mol. The maximum Gasteiger partial charge on any atom is 0.307 e. The predicted octanol–water partition coefficient (Wildman–Crippen LogP) is 2.13. The fourth-order valence-electron chi connectivity index (χ4n) is 0.993. The Morgan fingerprint density at radius 1 is 1.64 bits per heavy atom. The highest BCUT2D eigenvalue weighted by molar-refractivity contribution is 7.80. The number of halogens is 1. The summed E-state index contributed by atoms with van der Waals surface area (Å²) < 4.78 is 0. The molecule has 0 fully saturated rings. The van der Waals surface area contributed by atoms with E-state index in [2.05, 4.69) is 12.6 Å². The monoisotopic (exact) mass is 227 g/mol. The molecule has 0 amide bonds. The average Bonchev–Trinajstić information content (AvgIpc) is 2.10. The quantitative estimate of drug-likeness (QED) is 0.761. The minimum Gasteiger partial charge on any atom is -0.481 e. The lowest BCUT2D eigenvalue weighted by molar-refractivity contribution is -0.136. The molecule has 0 saturated carbocycles. The molecule has 0 aliphatic rings. The van der Waals surface area contributed by atoms with Gasteiger partial charge in [-0.25, -0.2) is 0 Å². The fourth-order valence-corrected chi connectivity index (χ4v) is 1.49. The summed E-state index contributed by atoms with van der Waals surface area (Å²) in [5.74, 6) is -0.957. The Morgan fingerprint density at radius 3 is 2.79 bits per heavy atom. The van der Waals surface area contributed by atoms with Crippen LogP contribution < -0.4 is 0 Å². The van der Waals surface area contributed by atoms with Gasteiger partial charge in [0.2, 0.25) is 0 Å². The summed E-state index contributed by atoms with van der Waals surface area (Å²) in [6, 6.07) is 4.81. The van der Waals surface area contributed by atoms with Crippen LogP contribution in [0.4, 0.5) is 0 Å². The van der Waals surface area contributed by atoms with Crippen molar-refractivity contribution in [1.82, 2.24) is 0 Å². The molecule has 3 nitrogen and oxygen atoms in total. The van der Waals surface area contributed by atoms with E-state index in [1.807, 2.05) is 6.07 Å². The second kappa shape index (κ2) is 4.36. The van der Waals surface area contributed by atoms with Gasteiger partial charge in [-0.3, -0.25) is 4.79 Å². The van der Waals surface area contributed by atoms with Gasteiger partial charge in [0.05, 0.1) is 17.0 Å². The van der Waals surface area contributed by atoms with E-state index in [9.17, 15) is 4.79 Å². The van der Waals surface area contributed by atoms with Crippen LogP contribution in [-0.2, 0) is 11.2 Å². The minimum absolute atomic E-state index is 0.149. The molecule has 0 unspecified atom stereocenters. The van der Waals surface area contributed by atoms with Crippen molar-refractivity contribution in [1.29, 1.82) is 5.26 Å². The predicted molar refractivity (Wildman–Crippen MR) is 54.8 cm³/mol. The fraction of sp³-hybridized carbons (Fsp3) is 0.111. The number of carboxylic acids is 1. The SMILES string of the molecule is N#Cc1cc(S)c(CC(=O)O)cc1Cl. The Morgan fingerprint density at radius 2 is 2.29 bits per heavy atom. The van der Waals surface area contributed by atoms with E-state index in [1.54, 1.807) is 0 Å². The number of benzene rings is 1. The van der Waals surface area contributed by atoms with E-state index in [1.165, 1.54) is 12.1 Å². The van der Waals surface area contributed by atoms with Gasteiger partial charge in [0.15, 0.2) is 0 Å². The molecule has 0 aliphatic carbocycles. The lowest BCUT2D eigenvalue weighted by Gasteiger charge is -2.03. The summed E-state index contributed by atoms with van der Waals surface area (Å²) in [5.41, 5.74) is 0.802. The summed E-state index contributed by atoms with van der Waals surface area (Å²) >= 11 is 9.81. The second-order valence-corrected chi connectivity index (χ2v) is 3.53. The molecule has 1 N–H and O–H groups in total. The second-order valence-electron chi connectivity index (χ2n) is 2.64. The topological polar surface area (TPSA) is 61.1 Å². The first-order valence-corrected chi connectivity index (χ1v) is 4.50. The number of hydrogen-bond donors (Lipinski definition) is 2. The van der Waals surface area contributed by atoms with E-state index in [0.717, 1.165) is 0 Å². The summed E-state index contributed by atoms with van der Waals surface area (Å²) in [5, 5.41) is 17.4. The molecule has 0 atom stereocenters. The summed E-state index contributed by atoms with van der Waals surface area (Å²) in [4.78, 5) is 10.9. The zero-order valence-electron chi connectivity index (χ0n) is 6.99. The molecule has 5 heteroatoms. The number of hydrogen-bond acceptors (Lipinski definition) is 3. The van der Waals surface area contributed by atoms with E-state index >= 15 is 0 Å². The number of nitriles is 1. The standard InChI is InChI=1S/C9H6ClNO2S/c10-7-1-5(3-9(12)13)8(14)2-6(7)4-11/h1-2,14H,3H2,(H,12,13). The van der Waals surface area contributed by atoms with Crippen LogP contribution in [-0.4, -0.2) is 11.1 Å². The zero-order chi connectivity index (χ0) is 10.7. The third kappa shape index (κ3) is 2.41. The molecule has 0 spiro atoms. The highest BCUT2D eigenvalue weighted by Gasteiger charge is 2.08. The van der Waals surface area contributed by atoms with Crippen LogP contribution in [0, 0.1) is 11.3 Å². The lowest BCUT2D eigenvalue weighted by atomic mass is 10.1. The number of rotatable bonds is 2. The van der Waals surface area contributed by atoms with Gasteiger partial charge in [0.1, 0.15) is 6.07 Å². The Kier molecular flexibility index (Phi) is 3.39. The van der Waals surface area contributed by atoms with Gasteiger partial charge in [-0.2, -0.15) is 5.26 Å². The van der Waals surface area contributed by atoms with Gasteiger partial charge in [0, 0.05) is 4.90 Å². The zero-order valence-corrected chi connectivity index (χ0v) is 8.64. The Balaban J connectivity index is 3.16. The van der Waals surface area contributed by atoms with Crippen molar-refractivity contribution in [3.8, 4) is 6.07 Å². The van der Waals surface area contributed by atoms with E-state index in [0.29, 0.717) is 16.0 Å². The highest BCUT2D eigenvalue weighted by atomic mass is 35.5. The number of aliphatic carboxylic acids is 1. The van der Waals surface area contributed by atoms with Gasteiger partial charge in [0.25, 0.3) is 0 Å². The molecule has 0 aromatic heterocycles. The third-order valence-corrected chi connectivity index (χ3v) is 2.36. The number of nitrogens with zero attached hydrogens (tertiary/aromatic N) is 1. The Labute approximate surface area is 91.3 Å². The molecule has 0 saturated heterocycles. The summed E-state index contributed by atoms with van der Waals surface area (Å²) in [6.07, 6.45) is -0.149. The highest BCUT2D eigenvalue weighted by Crippen LogP contribution is 2.23. The van der Waals surface area contributed by atoms with Crippen LogP contribution in [0.2, 0.25) is 5.02 Å². The van der Waals surface area contributed by atoms with E-state index < -0.39 is 5.97 Å². The van der Waals surface area contributed by atoms with Gasteiger partial charge < -0.3 is 5.11 Å². The first kappa shape index (κ1) is 10.9. The lowest BCUT2D eigenvalue weighted by Crippen LogP contribution is -2.01. The molecule has 1 aromatic carbocycles. The smallest absolute Gasteiger partial charge is 0.307 e. The maximum absolute atomic E-state index is 10.4. The van der Waals surface area contributed by atoms with Gasteiger partial charge in [-0.15, -0.1) is 12.6 Å². The molecule has 1 rings (SSSR count). The summed E-state index contributed by atoms with van der Waals surface area (Å²) in [6.45, 7) is 0. The molecule has 14 heavy (non-hydrogen) atoms. The number of carboxylic acid groups (broad SMARTS) is 1. The van der Waals surface area contributed by atoms with Crippen molar-refractivity contribution in [2.24, 2.45) is 0 Å². The van der Waals surface area contributed by atoms with Crippen molar-refractivity contribution in [3.05, 3.63) is 28.3 Å². The van der Waals surface area contributed by atoms with Crippen molar-refractivity contribution in [2.75, 3.05) is 0 Å². The molecular weight excluding hydrogens is 222 g/mol. The molecular formula is C9H6ClNO2S. The molecule has 0 radical (unpaired) electrons. The van der Waals surface area contributed by atoms with E-state index in [4.69, 9.17) is 22.0 Å². The van der Waals surface area contributed by atoms with Gasteiger partial charge in [-0.1, -0.05) is 11.6 Å². The number of thiol groups is 1. The molecule has 0 heterocycles. The van der Waals surface area contributed by atoms with Crippen molar-refractivity contribution < 1.29 is 9.90 Å². The van der Waals surface area contributed by atoms with Crippen LogP contribution in [0.5, 0.6) is 0 Å². The summed E-state index contributed by atoms with van der Waals surface area (Å²) in [7, 11) is 0. The molecule has 1 aromatic rings. The third-order valence-electron chi connectivity index (χ3n) is 1.63. The number of carbonyl (C=O) groups is 1.